The molecule has 0 saturated carbocycles. The standard InChI is InChI=1S/C34H45N5O4/c1-8-43-29(40)20-23(25-19-24-16-13-14-18-27(24)35-22-25)15-11-9-10-12-17-26-21-28(37-30(41)33(2,3)4)38-32(36-26)39-31(42)34(5,6)7/h11,13-16,18-19,21-23H,8-10,12,17,20H2,1-7H3,(H2,36,37,38,39,41,42)/b15-11+. The predicted molar refractivity (Wildman–Crippen MR) is 171 cm³/mol. The van der Waals surface area contributed by atoms with Gasteiger partial charge in [0.05, 0.1) is 18.5 Å². The number of aryl methyl sites for hydroxylation is 1. The number of hydrogen-bond acceptors (Lipinski definition) is 7. The van der Waals surface area contributed by atoms with E-state index < -0.39 is 10.8 Å². The van der Waals surface area contributed by atoms with Crippen molar-refractivity contribution in [3.05, 3.63) is 66.0 Å². The van der Waals surface area contributed by atoms with Crippen LogP contribution in [0.25, 0.3) is 10.9 Å². The molecule has 0 aliphatic rings. The summed E-state index contributed by atoms with van der Waals surface area (Å²) in [4.78, 5) is 51.0. The zero-order valence-corrected chi connectivity index (χ0v) is 26.5. The molecule has 43 heavy (non-hydrogen) atoms. The highest BCUT2D eigenvalue weighted by Gasteiger charge is 2.24. The van der Waals surface area contributed by atoms with Crippen molar-refractivity contribution in [2.45, 2.75) is 86.5 Å². The van der Waals surface area contributed by atoms with E-state index in [-0.39, 0.29) is 36.1 Å². The molecule has 0 spiro atoms. The summed E-state index contributed by atoms with van der Waals surface area (Å²) in [5.74, 6) is -0.220. The van der Waals surface area contributed by atoms with Gasteiger partial charge in [-0.15, -0.1) is 0 Å². The van der Waals surface area contributed by atoms with Gasteiger partial charge in [-0.25, -0.2) is 4.98 Å². The van der Waals surface area contributed by atoms with Gasteiger partial charge in [-0.3, -0.25) is 24.7 Å². The van der Waals surface area contributed by atoms with Crippen molar-refractivity contribution in [2.75, 3.05) is 17.2 Å². The van der Waals surface area contributed by atoms with Crippen molar-refractivity contribution in [3.63, 3.8) is 0 Å². The highest BCUT2D eigenvalue weighted by molar-refractivity contribution is 5.95. The first-order valence-electron chi connectivity index (χ1n) is 14.9. The van der Waals surface area contributed by atoms with Crippen molar-refractivity contribution in [3.8, 4) is 0 Å². The van der Waals surface area contributed by atoms with E-state index in [2.05, 4.69) is 43.8 Å². The molecule has 1 unspecified atom stereocenters. The van der Waals surface area contributed by atoms with Crippen molar-refractivity contribution in [2.24, 2.45) is 10.8 Å². The number of amides is 2. The Balaban J connectivity index is 1.67. The first-order valence-corrected chi connectivity index (χ1v) is 14.9. The number of carbonyl (C=O) groups excluding carboxylic acids is 3. The molecule has 9 nitrogen and oxygen atoms in total. The molecule has 2 amide bonds. The summed E-state index contributed by atoms with van der Waals surface area (Å²) in [6.07, 6.45) is 9.42. The van der Waals surface area contributed by atoms with Gasteiger partial charge in [-0.1, -0.05) is 71.9 Å². The van der Waals surface area contributed by atoms with Gasteiger partial charge in [-0.2, -0.15) is 4.98 Å². The summed E-state index contributed by atoms with van der Waals surface area (Å²) in [6.45, 7) is 13.1. The largest absolute Gasteiger partial charge is 0.466 e. The monoisotopic (exact) mass is 587 g/mol. The summed E-state index contributed by atoms with van der Waals surface area (Å²) in [7, 11) is 0. The molecule has 2 N–H and O–H groups in total. The molecule has 230 valence electrons. The minimum absolute atomic E-state index is 0.138. The maximum Gasteiger partial charge on any atom is 0.306 e. The molecule has 0 saturated heterocycles. The van der Waals surface area contributed by atoms with Gasteiger partial charge in [0.25, 0.3) is 0 Å². The minimum atomic E-state index is -0.617. The Labute approximate surface area is 255 Å². The predicted octanol–water partition coefficient (Wildman–Crippen LogP) is 7.00. The molecule has 0 radical (unpaired) electrons. The van der Waals surface area contributed by atoms with Crippen LogP contribution in [0.5, 0.6) is 0 Å². The first kappa shape index (κ1) is 33.4. The lowest BCUT2D eigenvalue weighted by Crippen LogP contribution is -2.30. The molecule has 2 aromatic heterocycles. The number of allylic oxidation sites excluding steroid dienone is 2. The topological polar surface area (TPSA) is 123 Å². The van der Waals surface area contributed by atoms with Crippen LogP contribution in [0.3, 0.4) is 0 Å². The molecule has 2 heterocycles. The maximum absolute atomic E-state index is 12.6. The first-order chi connectivity index (χ1) is 20.3. The number of benzene rings is 1. The number of carbonyl (C=O) groups is 3. The number of unbranched alkanes of at least 4 members (excludes halogenated alkanes) is 2. The van der Waals surface area contributed by atoms with Crippen LogP contribution in [0.1, 0.15) is 91.3 Å². The molecule has 3 rings (SSSR count). The van der Waals surface area contributed by atoms with E-state index in [1.807, 2.05) is 72.0 Å². The molecule has 0 fully saturated rings. The third kappa shape index (κ3) is 10.6. The lowest BCUT2D eigenvalue weighted by atomic mass is 9.95. The second-order valence-electron chi connectivity index (χ2n) is 12.7. The van der Waals surface area contributed by atoms with E-state index in [0.29, 0.717) is 18.8 Å². The highest BCUT2D eigenvalue weighted by Crippen LogP contribution is 2.25. The van der Waals surface area contributed by atoms with Crippen LogP contribution in [0.2, 0.25) is 0 Å². The second-order valence-corrected chi connectivity index (χ2v) is 12.7. The Morgan fingerprint density at radius 3 is 2.33 bits per heavy atom. The van der Waals surface area contributed by atoms with Crippen LogP contribution in [-0.4, -0.2) is 39.3 Å². The number of hydrogen-bond donors (Lipinski definition) is 2. The maximum atomic E-state index is 12.6. The second kappa shape index (κ2) is 14.8. The van der Waals surface area contributed by atoms with E-state index in [4.69, 9.17) is 4.74 Å². The number of aromatic nitrogens is 3. The van der Waals surface area contributed by atoms with Gasteiger partial charge in [0.2, 0.25) is 17.8 Å². The SMILES string of the molecule is CCOC(=O)CC(/C=C/CCCCc1cc(NC(=O)C(C)(C)C)nc(NC(=O)C(C)(C)C)n1)c1cnc2ccccc2c1. The number of rotatable bonds is 12. The van der Waals surface area contributed by atoms with E-state index in [1.54, 1.807) is 13.0 Å². The molecular formula is C34H45N5O4. The average Bonchev–Trinajstić information content (AvgIpc) is 2.93. The van der Waals surface area contributed by atoms with Gasteiger partial charge < -0.3 is 10.1 Å². The fraction of sp³-hybridized carbons (Fsp3) is 0.471. The molecule has 1 atom stereocenters. The number of nitrogens with zero attached hydrogens (tertiary/aromatic N) is 3. The number of fused-ring (bicyclic) bond motifs is 1. The number of esters is 1. The van der Waals surface area contributed by atoms with Crippen LogP contribution in [0.4, 0.5) is 11.8 Å². The summed E-state index contributed by atoms with van der Waals surface area (Å²) in [5, 5.41) is 6.67. The molecule has 1 aromatic carbocycles. The lowest BCUT2D eigenvalue weighted by molar-refractivity contribution is -0.143. The molecule has 3 aromatic rings. The van der Waals surface area contributed by atoms with Gasteiger partial charge in [0.15, 0.2) is 0 Å². The van der Waals surface area contributed by atoms with E-state index in [1.165, 1.54) is 0 Å². The number of anilines is 2. The summed E-state index contributed by atoms with van der Waals surface area (Å²) < 4.78 is 5.22. The Bertz CT molecular complexity index is 1410. The van der Waals surface area contributed by atoms with Gasteiger partial charge in [-0.05, 0) is 50.3 Å². The number of para-hydroxylation sites is 1. The van der Waals surface area contributed by atoms with Gasteiger partial charge in [0.1, 0.15) is 5.82 Å². The van der Waals surface area contributed by atoms with E-state index in [0.717, 1.165) is 41.4 Å². The third-order valence-corrected chi connectivity index (χ3v) is 6.76. The van der Waals surface area contributed by atoms with Crippen molar-refractivity contribution < 1.29 is 19.1 Å². The highest BCUT2D eigenvalue weighted by atomic mass is 16.5. The fourth-order valence-electron chi connectivity index (χ4n) is 4.15. The Kier molecular flexibility index (Phi) is 11.5. The summed E-state index contributed by atoms with van der Waals surface area (Å²) in [6, 6.07) is 11.8. The molecule has 9 heteroatoms. The molecular weight excluding hydrogens is 542 g/mol. The van der Waals surface area contributed by atoms with Crippen LogP contribution in [0.15, 0.2) is 54.7 Å². The summed E-state index contributed by atoms with van der Waals surface area (Å²) >= 11 is 0. The van der Waals surface area contributed by atoms with Crippen LogP contribution >= 0.6 is 0 Å². The Morgan fingerprint density at radius 2 is 1.63 bits per heavy atom. The zero-order valence-electron chi connectivity index (χ0n) is 26.5. The quantitative estimate of drug-likeness (QED) is 0.133. The van der Waals surface area contributed by atoms with Crippen LogP contribution in [-0.2, 0) is 25.5 Å². The number of nitrogens with one attached hydrogen (secondary N) is 2. The van der Waals surface area contributed by atoms with Crippen molar-refractivity contribution in [1.29, 1.82) is 0 Å². The third-order valence-electron chi connectivity index (χ3n) is 6.76. The summed E-state index contributed by atoms with van der Waals surface area (Å²) in [5.41, 5.74) is 1.40. The minimum Gasteiger partial charge on any atom is -0.466 e. The zero-order chi connectivity index (χ0) is 31.6. The van der Waals surface area contributed by atoms with Gasteiger partial charge in [0, 0.05) is 40.1 Å². The van der Waals surface area contributed by atoms with Crippen molar-refractivity contribution in [1.82, 2.24) is 15.0 Å². The molecule has 0 bridgehead atoms. The normalized spacial score (nSPS) is 12.7. The lowest BCUT2D eigenvalue weighted by Gasteiger charge is -2.19. The number of ether oxygens (including phenoxy) is 1. The van der Waals surface area contributed by atoms with E-state index >= 15 is 0 Å². The molecule has 0 aliphatic heterocycles. The Morgan fingerprint density at radius 1 is 0.930 bits per heavy atom. The van der Waals surface area contributed by atoms with Gasteiger partial charge >= 0.3 is 5.97 Å². The van der Waals surface area contributed by atoms with Crippen LogP contribution in [0, 0.1) is 10.8 Å². The number of pyridine rings is 1. The average molecular weight is 588 g/mol. The fourth-order valence-corrected chi connectivity index (χ4v) is 4.15. The molecule has 0 aliphatic carbocycles. The van der Waals surface area contributed by atoms with Crippen molar-refractivity contribution >= 4 is 40.5 Å². The van der Waals surface area contributed by atoms with E-state index in [9.17, 15) is 14.4 Å². The smallest absolute Gasteiger partial charge is 0.306 e. The Hall–Kier alpha value is -4.14. The van der Waals surface area contributed by atoms with Crippen LogP contribution < -0.4 is 10.6 Å².